The molecule has 0 saturated heterocycles. The van der Waals surface area contributed by atoms with Crippen molar-refractivity contribution in [3.05, 3.63) is 52.1 Å². The molecule has 0 fully saturated rings. The molecule has 0 saturated carbocycles. The quantitative estimate of drug-likeness (QED) is 0.849. The van der Waals surface area contributed by atoms with Crippen LogP contribution in [0.2, 0.25) is 0 Å². The minimum atomic E-state index is -0.221. The molecule has 1 atom stereocenters. The lowest BCUT2D eigenvalue weighted by atomic mass is 9.97. The first-order valence-electron chi connectivity index (χ1n) is 9.70. The standard InChI is InChI=1S/C23H30N2O3/c1-14-9-15(2)22(16(3)10-14)24-23(26)17(4)25-8-7-18-11-20(27-5)21(28-6)12-19(18)13-25/h9-12,17H,7-8,13H2,1-6H3,(H,24,26)/t17-/m0/s1. The molecule has 1 N–H and O–H groups in total. The number of amides is 1. The Hall–Kier alpha value is -2.53. The van der Waals surface area contributed by atoms with Gasteiger partial charge in [0.1, 0.15) is 0 Å². The van der Waals surface area contributed by atoms with E-state index in [0.29, 0.717) is 0 Å². The highest BCUT2D eigenvalue weighted by atomic mass is 16.5. The molecule has 1 aliphatic heterocycles. The van der Waals surface area contributed by atoms with Gasteiger partial charge in [-0.3, -0.25) is 9.69 Å². The molecular formula is C23H30N2O3. The number of anilines is 1. The largest absolute Gasteiger partial charge is 0.493 e. The Balaban J connectivity index is 1.75. The molecule has 2 aromatic rings. The van der Waals surface area contributed by atoms with Crippen molar-refractivity contribution in [2.75, 3.05) is 26.1 Å². The summed E-state index contributed by atoms with van der Waals surface area (Å²) in [5, 5.41) is 3.14. The van der Waals surface area contributed by atoms with Gasteiger partial charge < -0.3 is 14.8 Å². The molecule has 28 heavy (non-hydrogen) atoms. The molecule has 1 aliphatic rings. The zero-order valence-electron chi connectivity index (χ0n) is 17.7. The van der Waals surface area contributed by atoms with E-state index < -0.39 is 0 Å². The van der Waals surface area contributed by atoms with Crippen molar-refractivity contribution in [3.63, 3.8) is 0 Å². The maximum Gasteiger partial charge on any atom is 0.241 e. The van der Waals surface area contributed by atoms with E-state index in [0.717, 1.165) is 47.8 Å². The number of hydrogen-bond acceptors (Lipinski definition) is 4. The number of benzene rings is 2. The second-order valence-corrected chi connectivity index (χ2v) is 7.64. The highest BCUT2D eigenvalue weighted by molar-refractivity contribution is 5.96. The van der Waals surface area contributed by atoms with Crippen molar-refractivity contribution in [3.8, 4) is 11.5 Å². The third kappa shape index (κ3) is 3.99. The van der Waals surface area contributed by atoms with E-state index in [-0.39, 0.29) is 11.9 Å². The fraction of sp³-hybridized carbons (Fsp3) is 0.435. The maximum atomic E-state index is 12.9. The first kappa shape index (κ1) is 20.2. The fourth-order valence-corrected chi connectivity index (χ4v) is 4.01. The minimum Gasteiger partial charge on any atom is -0.493 e. The maximum absolute atomic E-state index is 12.9. The van der Waals surface area contributed by atoms with Crippen molar-refractivity contribution < 1.29 is 14.3 Å². The Morgan fingerprint density at radius 1 is 1.00 bits per heavy atom. The Morgan fingerprint density at radius 3 is 2.14 bits per heavy atom. The second-order valence-electron chi connectivity index (χ2n) is 7.64. The van der Waals surface area contributed by atoms with Crippen molar-refractivity contribution in [2.24, 2.45) is 0 Å². The number of carbonyl (C=O) groups excluding carboxylic acids is 1. The van der Waals surface area contributed by atoms with Gasteiger partial charge in [-0.05, 0) is 68.5 Å². The van der Waals surface area contributed by atoms with Crippen LogP contribution in [0.5, 0.6) is 11.5 Å². The number of nitrogens with one attached hydrogen (secondary N) is 1. The number of hydrogen-bond donors (Lipinski definition) is 1. The summed E-state index contributed by atoms with van der Waals surface area (Å²) in [5.41, 5.74) is 6.76. The van der Waals surface area contributed by atoms with Gasteiger partial charge in [0.25, 0.3) is 0 Å². The van der Waals surface area contributed by atoms with E-state index in [9.17, 15) is 4.79 Å². The van der Waals surface area contributed by atoms with Crippen molar-refractivity contribution in [1.29, 1.82) is 0 Å². The van der Waals surface area contributed by atoms with Crippen LogP contribution in [0.15, 0.2) is 24.3 Å². The minimum absolute atomic E-state index is 0.0268. The van der Waals surface area contributed by atoms with Gasteiger partial charge >= 0.3 is 0 Å². The molecule has 2 aromatic carbocycles. The zero-order valence-corrected chi connectivity index (χ0v) is 17.7. The average molecular weight is 383 g/mol. The topological polar surface area (TPSA) is 50.8 Å². The molecule has 5 heteroatoms. The van der Waals surface area contributed by atoms with Crippen LogP contribution < -0.4 is 14.8 Å². The number of aryl methyl sites for hydroxylation is 3. The average Bonchev–Trinajstić information content (AvgIpc) is 2.68. The number of fused-ring (bicyclic) bond motifs is 1. The summed E-state index contributed by atoms with van der Waals surface area (Å²) < 4.78 is 10.8. The number of carbonyl (C=O) groups is 1. The molecule has 3 rings (SSSR count). The highest BCUT2D eigenvalue weighted by Crippen LogP contribution is 2.33. The van der Waals surface area contributed by atoms with Crippen molar-refractivity contribution in [1.82, 2.24) is 4.90 Å². The smallest absolute Gasteiger partial charge is 0.241 e. The molecule has 0 radical (unpaired) electrons. The Labute approximate surface area is 167 Å². The third-order valence-corrected chi connectivity index (χ3v) is 5.60. The summed E-state index contributed by atoms with van der Waals surface area (Å²) in [6, 6.07) is 8.06. The molecule has 0 aromatic heterocycles. The SMILES string of the molecule is COc1cc2c(cc1OC)CN([C@@H](C)C(=O)Nc1c(C)cc(C)cc1C)CC2. The summed E-state index contributed by atoms with van der Waals surface area (Å²) in [5.74, 6) is 1.51. The predicted molar refractivity (Wildman–Crippen MR) is 112 cm³/mol. The van der Waals surface area contributed by atoms with E-state index in [1.807, 2.05) is 26.8 Å². The van der Waals surface area contributed by atoms with Gasteiger partial charge in [0.05, 0.1) is 20.3 Å². The Bertz CT molecular complexity index is 869. The molecule has 0 aliphatic carbocycles. The van der Waals surface area contributed by atoms with Crippen LogP contribution in [-0.2, 0) is 17.8 Å². The van der Waals surface area contributed by atoms with Gasteiger partial charge in [0.2, 0.25) is 5.91 Å². The first-order valence-corrected chi connectivity index (χ1v) is 9.70. The third-order valence-electron chi connectivity index (χ3n) is 5.60. The van der Waals surface area contributed by atoms with Crippen LogP contribution in [0.3, 0.4) is 0 Å². The van der Waals surface area contributed by atoms with E-state index in [1.165, 1.54) is 16.7 Å². The van der Waals surface area contributed by atoms with Crippen LogP contribution >= 0.6 is 0 Å². The van der Waals surface area contributed by atoms with E-state index in [1.54, 1.807) is 14.2 Å². The Kier molecular flexibility index (Phi) is 5.94. The van der Waals surface area contributed by atoms with Crippen LogP contribution in [0, 0.1) is 20.8 Å². The summed E-state index contributed by atoms with van der Waals surface area (Å²) in [4.78, 5) is 15.1. The van der Waals surface area contributed by atoms with E-state index in [4.69, 9.17) is 9.47 Å². The van der Waals surface area contributed by atoms with Gasteiger partial charge in [-0.25, -0.2) is 0 Å². The van der Waals surface area contributed by atoms with Crippen molar-refractivity contribution >= 4 is 11.6 Å². The number of rotatable bonds is 5. The molecule has 0 spiro atoms. The molecule has 150 valence electrons. The Morgan fingerprint density at radius 2 is 1.57 bits per heavy atom. The van der Waals surface area contributed by atoms with Crippen LogP contribution in [0.1, 0.15) is 34.7 Å². The zero-order chi connectivity index (χ0) is 20.4. The molecule has 0 unspecified atom stereocenters. The molecule has 5 nitrogen and oxygen atoms in total. The first-order chi connectivity index (χ1) is 13.3. The molecule has 1 heterocycles. The number of nitrogens with zero attached hydrogens (tertiary/aromatic N) is 1. The summed E-state index contributed by atoms with van der Waals surface area (Å²) in [6.07, 6.45) is 0.885. The highest BCUT2D eigenvalue weighted by Gasteiger charge is 2.27. The lowest BCUT2D eigenvalue weighted by molar-refractivity contribution is -0.121. The molecule has 0 bridgehead atoms. The van der Waals surface area contributed by atoms with Gasteiger partial charge in [-0.2, -0.15) is 0 Å². The molecule has 1 amide bonds. The van der Waals surface area contributed by atoms with Gasteiger partial charge in [-0.15, -0.1) is 0 Å². The lowest BCUT2D eigenvalue weighted by Gasteiger charge is -2.33. The van der Waals surface area contributed by atoms with Crippen LogP contribution in [0.25, 0.3) is 0 Å². The lowest BCUT2D eigenvalue weighted by Crippen LogP contribution is -2.44. The fourth-order valence-electron chi connectivity index (χ4n) is 4.01. The van der Waals surface area contributed by atoms with Gasteiger partial charge in [0.15, 0.2) is 11.5 Å². The summed E-state index contributed by atoms with van der Waals surface area (Å²) >= 11 is 0. The van der Waals surface area contributed by atoms with Crippen molar-refractivity contribution in [2.45, 2.75) is 46.7 Å². The summed E-state index contributed by atoms with van der Waals surface area (Å²) in [6.45, 7) is 9.68. The van der Waals surface area contributed by atoms with Crippen LogP contribution in [0.4, 0.5) is 5.69 Å². The van der Waals surface area contributed by atoms with Gasteiger partial charge in [-0.1, -0.05) is 17.7 Å². The van der Waals surface area contributed by atoms with Crippen LogP contribution in [-0.4, -0.2) is 37.6 Å². The van der Waals surface area contributed by atoms with E-state index >= 15 is 0 Å². The molecular weight excluding hydrogens is 352 g/mol. The predicted octanol–water partition coefficient (Wildman–Crippen LogP) is 4.01. The van der Waals surface area contributed by atoms with Gasteiger partial charge in [0, 0.05) is 18.8 Å². The number of ether oxygens (including phenoxy) is 2. The monoisotopic (exact) mass is 382 g/mol. The normalized spacial score (nSPS) is 14.9. The number of methoxy groups -OCH3 is 2. The summed E-state index contributed by atoms with van der Waals surface area (Å²) in [7, 11) is 3.30. The van der Waals surface area contributed by atoms with E-state index in [2.05, 4.69) is 35.3 Å². The second kappa shape index (κ2) is 8.23.